The van der Waals surface area contributed by atoms with Gasteiger partial charge in [0.15, 0.2) is 0 Å². The maximum absolute atomic E-state index is 12.2. The summed E-state index contributed by atoms with van der Waals surface area (Å²) in [5.74, 6) is 0.0502. The predicted molar refractivity (Wildman–Crippen MR) is 77.8 cm³/mol. The molecule has 0 saturated carbocycles. The van der Waals surface area contributed by atoms with Crippen molar-refractivity contribution >= 4 is 28.9 Å². The first-order valence-electron chi connectivity index (χ1n) is 6.45. The normalized spacial score (nSPS) is 10.7. The largest absolute Gasteiger partial charge is 0.397 e. The lowest BCUT2D eigenvalue weighted by Crippen LogP contribution is -2.23. The number of hydrogen-bond donors (Lipinski definition) is 2. The molecule has 0 saturated heterocycles. The van der Waals surface area contributed by atoms with E-state index in [1.807, 2.05) is 0 Å². The van der Waals surface area contributed by atoms with Crippen LogP contribution in [0.3, 0.4) is 0 Å². The van der Waals surface area contributed by atoms with E-state index >= 15 is 0 Å². The summed E-state index contributed by atoms with van der Waals surface area (Å²) in [7, 11) is 0. The topological polar surface area (TPSA) is 55.1 Å². The molecular weight excluding hydrogens is 248 g/mol. The zero-order valence-electron chi connectivity index (χ0n) is 11.0. The lowest BCUT2D eigenvalue weighted by atomic mass is 9.97. The third kappa shape index (κ3) is 3.91. The molecule has 100 valence electrons. The van der Waals surface area contributed by atoms with Crippen LogP contribution in [0.15, 0.2) is 18.2 Å². The number of anilines is 2. The molecule has 1 amide bonds. The van der Waals surface area contributed by atoms with Crippen molar-refractivity contribution < 1.29 is 4.79 Å². The molecule has 0 bridgehead atoms. The SMILES string of the molecule is CCCC(CCC)C(=O)Nc1c(N)cccc1Cl. The summed E-state index contributed by atoms with van der Waals surface area (Å²) in [5.41, 5.74) is 6.85. The number of carbonyl (C=O) groups excluding carboxylic acids is 1. The van der Waals surface area contributed by atoms with Gasteiger partial charge in [0, 0.05) is 5.92 Å². The van der Waals surface area contributed by atoms with Crippen LogP contribution in [-0.2, 0) is 4.79 Å². The zero-order valence-corrected chi connectivity index (χ0v) is 11.8. The van der Waals surface area contributed by atoms with Crippen LogP contribution in [0.4, 0.5) is 11.4 Å². The second kappa shape index (κ2) is 7.27. The zero-order chi connectivity index (χ0) is 13.5. The Kier molecular flexibility index (Phi) is 5.99. The Morgan fingerprint density at radius 1 is 1.33 bits per heavy atom. The van der Waals surface area contributed by atoms with Gasteiger partial charge in [0.05, 0.1) is 16.4 Å². The maximum atomic E-state index is 12.2. The van der Waals surface area contributed by atoms with Crippen LogP contribution in [0.25, 0.3) is 0 Å². The minimum absolute atomic E-state index is 0.0125. The third-order valence-corrected chi connectivity index (χ3v) is 3.25. The predicted octanol–water partition coefficient (Wildman–Crippen LogP) is 4.08. The molecule has 3 nitrogen and oxygen atoms in total. The van der Waals surface area contributed by atoms with Crippen LogP contribution in [0.5, 0.6) is 0 Å². The Hall–Kier alpha value is -1.22. The van der Waals surface area contributed by atoms with E-state index < -0.39 is 0 Å². The molecule has 0 aromatic heterocycles. The highest BCUT2D eigenvalue weighted by Crippen LogP contribution is 2.29. The Morgan fingerprint density at radius 2 is 1.94 bits per heavy atom. The van der Waals surface area contributed by atoms with Gasteiger partial charge in [0.1, 0.15) is 0 Å². The van der Waals surface area contributed by atoms with Gasteiger partial charge in [-0.3, -0.25) is 4.79 Å². The average Bonchev–Trinajstić information content (AvgIpc) is 2.33. The molecule has 0 unspecified atom stereocenters. The fourth-order valence-electron chi connectivity index (χ4n) is 2.00. The van der Waals surface area contributed by atoms with Gasteiger partial charge in [-0.15, -0.1) is 0 Å². The van der Waals surface area contributed by atoms with Gasteiger partial charge in [0.2, 0.25) is 5.91 Å². The van der Waals surface area contributed by atoms with E-state index in [1.165, 1.54) is 0 Å². The molecular formula is C14H21ClN2O. The molecule has 18 heavy (non-hydrogen) atoms. The molecule has 0 aliphatic carbocycles. The molecule has 0 spiro atoms. The van der Waals surface area contributed by atoms with Gasteiger partial charge in [-0.1, -0.05) is 44.4 Å². The molecule has 0 radical (unpaired) electrons. The Balaban J connectivity index is 2.79. The van der Waals surface area contributed by atoms with E-state index in [0.29, 0.717) is 16.4 Å². The lowest BCUT2D eigenvalue weighted by molar-refractivity contribution is -0.120. The molecule has 1 aromatic carbocycles. The van der Waals surface area contributed by atoms with Crippen molar-refractivity contribution in [3.05, 3.63) is 23.2 Å². The monoisotopic (exact) mass is 268 g/mol. The lowest BCUT2D eigenvalue weighted by Gasteiger charge is -2.17. The Bertz CT molecular complexity index is 381. The molecule has 0 aliphatic rings. The highest BCUT2D eigenvalue weighted by molar-refractivity contribution is 6.34. The maximum Gasteiger partial charge on any atom is 0.227 e. The van der Waals surface area contributed by atoms with Gasteiger partial charge in [0.25, 0.3) is 0 Å². The van der Waals surface area contributed by atoms with Gasteiger partial charge in [-0.25, -0.2) is 0 Å². The Labute approximate surface area is 114 Å². The van der Waals surface area contributed by atoms with E-state index in [0.717, 1.165) is 25.7 Å². The fourth-order valence-corrected chi connectivity index (χ4v) is 2.23. The van der Waals surface area contributed by atoms with Crippen molar-refractivity contribution in [2.45, 2.75) is 39.5 Å². The molecule has 1 rings (SSSR count). The number of rotatable bonds is 6. The summed E-state index contributed by atoms with van der Waals surface area (Å²) in [6, 6.07) is 5.22. The van der Waals surface area contributed by atoms with Crippen LogP contribution in [0.2, 0.25) is 5.02 Å². The van der Waals surface area contributed by atoms with Crippen LogP contribution in [-0.4, -0.2) is 5.91 Å². The van der Waals surface area contributed by atoms with Crippen LogP contribution in [0.1, 0.15) is 39.5 Å². The number of para-hydroxylation sites is 1. The van der Waals surface area contributed by atoms with Gasteiger partial charge in [-0.05, 0) is 25.0 Å². The quantitative estimate of drug-likeness (QED) is 0.764. The van der Waals surface area contributed by atoms with Crippen molar-refractivity contribution in [1.82, 2.24) is 0 Å². The summed E-state index contributed by atoms with van der Waals surface area (Å²) < 4.78 is 0. The third-order valence-electron chi connectivity index (χ3n) is 2.94. The van der Waals surface area contributed by atoms with Crippen LogP contribution in [0, 0.1) is 5.92 Å². The smallest absolute Gasteiger partial charge is 0.227 e. The molecule has 4 heteroatoms. The Morgan fingerprint density at radius 3 is 2.44 bits per heavy atom. The minimum atomic E-state index is 0.0125. The first-order valence-corrected chi connectivity index (χ1v) is 6.82. The van der Waals surface area contributed by atoms with E-state index in [9.17, 15) is 4.79 Å². The number of carbonyl (C=O) groups is 1. The van der Waals surface area contributed by atoms with Gasteiger partial charge < -0.3 is 11.1 Å². The number of hydrogen-bond acceptors (Lipinski definition) is 2. The van der Waals surface area contributed by atoms with Crippen molar-refractivity contribution in [1.29, 1.82) is 0 Å². The second-order valence-corrected chi connectivity index (χ2v) is 4.87. The second-order valence-electron chi connectivity index (χ2n) is 4.47. The van der Waals surface area contributed by atoms with E-state index in [2.05, 4.69) is 19.2 Å². The standard InChI is InChI=1S/C14H21ClN2O/c1-3-6-10(7-4-2)14(18)17-13-11(15)8-5-9-12(13)16/h5,8-10H,3-4,6-7,16H2,1-2H3,(H,17,18). The van der Waals surface area contributed by atoms with Crippen LogP contribution >= 0.6 is 11.6 Å². The van der Waals surface area contributed by atoms with Crippen molar-refractivity contribution in [2.75, 3.05) is 11.1 Å². The first kappa shape index (κ1) is 14.8. The molecule has 0 atom stereocenters. The van der Waals surface area contributed by atoms with Crippen molar-refractivity contribution in [3.63, 3.8) is 0 Å². The van der Waals surface area contributed by atoms with Gasteiger partial charge in [-0.2, -0.15) is 0 Å². The van der Waals surface area contributed by atoms with Crippen LogP contribution < -0.4 is 11.1 Å². The minimum Gasteiger partial charge on any atom is -0.397 e. The molecule has 0 aliphatic heterocycles. The molecule has 0 fully saturated rings. The summed E-state index contributed by atoms with van der Waals surface area (Å²) in [6.45, 7) is 4.17. The number of halogens is 1. The number of nitrogen functional groups attached to an aromatic ring is 1. The highest BCUT2D eigenvalue weighted by atomic mass is 35.5. The highest BCUT2D eigenvalue weighted by Gasteiger charge is 2.18. The van der Waals surface area contributed by atoms with Gasteiger partial charge >= 0.3 is 0 Å². The average molecular weight is 269 g/mol. The summed E-state index contributed by atoms with van der Waals surface area (Å²) in [4.78, 5) is 12.2. The molecule has 1 aromatic rings. The van der Waals surface area contributed by atoms with Crippen molar-refractivity contribution in [3.8, 4) is 0 Å². The summed E-state index contributed by atoms with van der Waals surface area (Å²) >= 11 is 6.04. The van der Waals surface area contributed by atoms with E-state index in [4.69, 9.17) is 17.3 Å². The number of nitrogens with two attached hydrogens (primary N) is 1. The summed E-state index contributed by atoms with van der Waals surface area (Å²) in [5, 5.41) is 3.33. The van der Waals surface area contributed by atoms with Crippen molar-refractivity contribution in [2.24, 2.45) is 5.92 Å². The van der Waals surface area contributed by atoms with E-state index in [1.54, 1.807) is 18.2 Å². The number of nitrogens with one attached hydrogen (secondary N) is 1. The first-order chi connectivity index (χ1) is 8.60. The summed E-state index contributed by atoms with van der Waals surface area (Å²) in [6.07, 6.45) is 3.78. The fraction of sp³-hybridized carbons (Fsp3) is 0.500. The molecule has 0 heterocycles. The van der Waals surface area contributed by atoms with E-state index in [-0.39, 0.29) is 11.8 Å². The number of amides is 1. The number of benzene rings is 1. The molecule has 3 N–H and O–H groups in total.